The molecule has 2 heteroatoms. The normalized spacial score (nSPS) is 36.8. The molecule has 1 aliphatic heterocycles. The second kappa shape index (κ2) is 3.31. The third-order valence-electron chi connectivity index (χ3n) is 1.60. The van der Waals surface area contributed by atoms with E-state index in [0.717, 1.165) is 12.1 Å². The van der Waals surface area contributed by atoms with Gasteiger partial charge in [0.15, 0.2) is 0 Å². The average Bonchev–Trinajstić information content (AvgIpc) is 1.87. The molecular formula is C6H13ClN. The first-order valence-corrected chi connectivity index (χ1v) is 3.05. The lowest BCUT2D eigenvalue weighted by Gasteiger charge is -2.01. The lowest BCUT2D eigenvalue weighted by Crippen LogP contribution is -2.23. The number of hydrogen-bond donors (Lipinski definition) is 1. The van der Waals surface area contributed by atoms with E-state index in [1.54, 1.807) is 0 Å². The quantitative estimate of drug-likeness (QED) is 0.533. The molecule has 1 nitrogen and oxygen atoms in total. The molecule has 1 saturated heterocycles. The first-order chi connectivity index (χ1) is 3.29. The van der Waals surface area contributed by atoms with Gasteiger partial charge in [0, 0.05) is 24.5 Å². The van der Waals surface area contributed by atoms with Gasteiger partial charge in [-0.2, -0.15) is 0 Å². The zero-order valence-corrected chi connectivity index (χ0v) is 6.20. The molecule has 0 aromatic carbocycles. The van der Waals surface area contributed by atoms with Crippen LogP contribution in [0.4, 0.5) is 0 Å². The van der Waals surface area contributed by atoms with Gasteiger partial charge in [-0.3, -0.25) is 0 Å². The molecule has 0 bridgehead atoms. The SMILES string of the molecule is CC1CCC(C)N1.[Cl]. The van der Waals surface area contributed by atoms with Crippen LogP contribution in [-0.4, -0.2) is 12.1 Å². The molecule has 0 aliphatic carbocycles. The standard InChI is InChI=1S/C6H13N.Cl/c1-5-3-4-6(2)7-5;/h5-7H,3-4H2,1-2H3;. The van der Waals surface area contributed by atoms with Gasteiger partial charge >= 0.3 is 0 Å². The monoisotopic (exact) mass is 134 g/mol. The van der Waals surface area contributed by atoms with Gasteiger partial charge in [0.2, 0.25) is 0 Å². The van der Waals surface area contributed by atoms with E-state index >= 15 is 0 Å². The van der Waals surface area contributed by atoms with Crippen LogP contribution in [0.3, 0.4) is 0 Å². The van der Waals surface area contributed by atoms with Crippen molar-refractivity contribution < 1.29 is 0 Å². The van der Waals surface area contributed by atoms with Gasteiger partial charge in [-0.15, -0.1) is 0 Å². The van der Waals surface area contributed by atoms with Crippen LogP contribution in [-0.2, 0) is 0 Å². The molecule has 0 amide bonds. The topological polar surface area (TPSA) is 12.0 Å². The number of halogens is 1. The van der Waals surface area contributed by atoms with E-state index in [-0.39, 0.29) is 12.4 Å². The van der Waals surface area contributed by atoms with E-state index < -0.39 is 0 Å². The summed E-state index contributed by atoms with van der Waals surface area (Å²) in [7, 11) is 0. The Kier molecular flexibility index (Phi) is 3.41. The van der Waals surface area contributed by atoms with Gasteiger partial charge in [0.05, 0.1) is 0 Å². The second-order valence-corrected chi connectivity index (χ2v) is 2.55. The summed E-state index contributed by atoms with van der Waals surface area (Å²) in [6.07, 6.45) is 2.72. The molecule has 1 fully saturated rings. The highest BCUT2D eigenvalue weighted by atomic mass is 35.5. The van der Waals surface area contributed by atoms with Crippen LogP contribution in [0.2, 0.25) is 0 Å². The highest BCUT2D eigenvalue weighted by Crippen LogP contribution is 2.09. The van der Waals surface area contributed by atoms with Crippen LogP contribution < -0.4 is 5.32 Å². The minimum absolute atomic E-state index is 0. The van der Waals surface area contributed by atoms with Crippen molar-refractivity contribution in [2.24, 2.45) is 0 Å². The Morgan fingerprint density at radius 1 is 1.12 bits per heavy atom. The summed E-state index contributed by atoms with van der Waals surface area (Å²) in [6.45, 7) is 4.48. The number of hydrogen-bond acceptors (Lipinski definition) is 1. The van der Waals surface area contributed by atoms with Crippen LogP contribution in [0, 0.1) is 0 Å². The van der Waals surface area contributed by atoms with Gasteiger partial charge in [-0.25, -0.2) is 0 Å². The fraction of sp³-hybridized carbons (Fsp3) is 1.00. The van der Waals surface area contributed by atoms with Crippen molar-refractivity contribution in [1.82, 2.24) is 5.32 Å². The van der Waals surface area contributed by atoms with Crippen LogP contribution in [0.25, 0.3) is 0 Å². The predicted octanol–water partition coefficient (Wildman–Crippen LogP) is 1.84. The average molecular weight is 135 g/mol. The third-order valence-corrected chi connectivity index (χ3v) is 1.60. The highest BCUT2D eigenvalue weighted by molar-refractivity contribution is 5.85. The Labute approximate surface area is 57.3 Å². The van der Waals surface area contributed by atoms with Crippen molar-refractivity contribution in [1.29, 1.82) is 0 Å². The smallest absolute Gasteiger partial charge is 0.00417 e. The third kappa shape index (κ3) is 2.01. The Balaban J connectivity index is 0.000000490. The van der Waals surface area contributed by atoms with Crippen molar-refractivity contribution in [3.8, 4) is 0 Å². The summed E-state index contributed by atoms with van der Waals surface area (Å²) < 4.78 is 0. The first kappa shape index (κ1) is 8.25. The predicted molar refractivity (Wildman–Crippen MR) is 37.1 cm³/mol. The molecule has 1 heterocycles. The van der Waals surface area contributed by atoms with Crippen LogP contribution in [0.5, 0.6) is 0 Å². The molecule has 1 N–H and O–H groups in total. The van der Waals surface area contributed by atoms with Crippen LogP contribution in [0.1, 0.15) is 26.7 Å². The molecule has 0 spiro atoms. The largest absolute Gasteiger partial charge is 0.312 e. The summed E-state index contributed by atoms with van der Waals surface area (Å²) >= 11 is 0. The summed E-state index contributed by atoms with van der Waals surface area (Å²) in [4.78, 5) is 0. The minimum atomic E-state index is 0. The Morgan fingerprint density at radius 2 is 1.50 bits per heavy atom. The maximum Gasteiger partial charge on any atom is 0.00417 e. The van der Waals surface area contributed by atoms with Crippen LogP contribution >= 0.6 is 12.4 Å². The minimum Gasteiger partial charge on any atom is -0.312 e. The molecule has 0 aromatic heterocycles. The van der Waals surface area contributed by atoms with E-state index in [9.17, 15) is 0 Å². The fourth-order valence-electron chi connectivity index (χ4n) is 1.15. The summed E-state index contributed by atoms with van der Waals surface area (Å²) in [5.41, 5.74) is 0. The fourth-order valence-corrected chi connectivity index (χ4v) is 1.15. The van der Waals surface area contributed by atoms with E-state index in [1.165, 1.54) is 12.8 Å². The highest BCUT2D eigenvalue weighted by Gasteiger charge is 2.14. The Bertz CT molecular complexity index is 57.5. The molecule has 0 saturated carbocycles. The maximum atomic E-state index is 3.42. The number of nitrogens with one attached hydrogen (secondary N) is 1. The van der Waals surface area contributed by atoms with Gasteiger partial charge in [0.25, 0.3) is 0 Å². The number of rotatable bonds is 0. The van der Waals surface area contributed by atoms with E-state index in [1.807, 2.05) is 0 Å². The van der Waals surface area contributed by atoms with Crippen molar-refractivity contribution >= 4 is 12.4 Å². The molecule has 1 radical (unpaired) electrons. The Morgan fingerprint density at radius 3 is 1.62 bits per heavy atom. The van der Waals surface area contributed by atoms with E-state index in [2.05, 4.69) is 19.2 Å². The molecule has 49 valence electrons. The summed E-state index contributed by atoms with van der Waals surface area (Å²) in [5, 5.41) is 3.42. The zero-order chi connectivity index (χ0) is 5.28. The van der Waals surface area contributed by atoms with Gasteiger partial charge in [-0.05, 0) is 26.7 Å². The van der Waals surface area contributed by atoms with Crippen molar-refractivity contribution in [3.63, 3.8) is 0 Å². The molecule has 0 aromatic rings. The van der Waals surface area contributed by atoms with Gasteiger partial charge in [0.1, 0.15) is 0 Å². The second-order valence-electron chi connectivity index (χ2n) is 2.55. The van der Waals surface area contributed by atoms with Gasteiger partial charge in [-0.1, -0.05) is 0 Å². The van der Waals surface area contributed by atoms with Crippen molar-refractivity contribution in [2.75, 3.05) is 0 Å². The summed E-state index contributed by atoms with van der Waals surface area (Å²) in [5.74, 6) is 0. The molecule has 8 heavy (non-hydrogen) atoms. The lowest BCUT2D eigenvalue weighted by molar-refractivity contribution is 0.596. The summed E-state index contributed by atoms with van der Waals surface area (Å²) in [6, 6.07) is 1.55. The lowest BCUT2D eigenvalue weighted by atomic mass is 10.2. The van der Waals surface area contributed by atoms with Crippen molar-refractivity contribution in [2.45, 2.75) is 38.8 Å². The molecule has 1 rings (SSSR count). The molecular weight excluding hydrogens is 122 g/mol. The molecule has 2 unspecified atom stereocenters. The zero-order valence-electron chi connectivity index (χ0n) is 5.45. The molecule has 1 aliphatic rings. The Hall–Kier alpha value is 0.250. The van der Waals surface area contributed by atoms with Crippen molar-refractivity contribution in [3.05, 3.63) is 0 Å². The van der Waals surface area contributed by atoms with Gasteiger partial charge < -0.3 is 5.32 Å². The van der Waals surface area contributed by atoms with Crippen LogP contribution in [0.15, 0.2) is 0 Å². The van der Waals surface area contributed by atoms with E-state index in [0.29, 0.717) is 0 Å². The first-order valence-electron chi connectivity index (χ1n) is 3.05. The molecule has 2 atom stereocenters. The van der Waals surface area contributed by atoms with E-state index in [4.69, 9.17) is 0 Å². The maximum absolute atomic E-state index is 3.42.